The molecule has 2 atom stereocenters. The third kappa shape index (κ3) is 33.4. The second-order valence-corrected chi connectivity index (χ2v) is 14.7. The molecule has 7 amide bonds. The van der Waals surface area contributed by atoms with Crippen molar-refractivity contribution in [2.75, 3.05) is 26.2 Å². The van der Waals surface area contributed by atoms with Crippen molar-refractivity contribution >= 4 is 84.8 Å². The topological polar surface area (TPSA) is 193 Å². The van der Waals surface area contributed by atoms with Gasteiger partial charge in [0.15, 0.2) is 0 Å². The first-order valence-electron chi connectivity index (χ1n) is 16.8. The lowest BCUT2D eigenvalue weighted by Crippen LogP contribution is -2.35. The minimum Gasteiger partial charge on any atom is -0.369 e. The first-order chi connectivity index (χ1) is 23.7. The van der Waals surface area contributed by atoms with Gasteiger partial charge in [0, 0.05) is 89.2 Å². The minimum absolute atomic E-state index is 0. The van der Waals surface area contributed by atoms with Gasteiger partial charge < -0.3 is 16.4 Å². The number of primary amides is 1. The Bertz CT molecular complexity index is 1080. The van der Waals surface area contributed by atoms with E-state index in [0.29, 0.717) is 19.5 Å². The molecule has 0 saturated carbocycles. The van der Waals surface area contributed by atoms with Crippen molar-refractivity contribution in [2.45, 2.75) is 130 Å². The van der Waals surface area contributed by atoms with Crippen LogP contribution in [0, 0.1) is 11.8 Å². The molecule has 2 rings (SSSR count). The number of Topliss-reactive ketones (excluding diaryl/α,β-unsaturated/α-hetero) is 1. The smallest absolute Gasteiger partial charge is 0.253 e. The molecule has 0 radical (unpaired) electrons. The Kier molecular flexibility index (Phi) is 51.9. The van der Waals surface area contributed by atoms with Gasteiger partial charge in [-0.15, -0.1) is 0 Å². The van der Waals surface area contributed by atoms with Gasteiger partial charge in [0.05, 0.1) is 0 Å². The van der Waals surface area contributed by atoms with E-state index in [2.05, 4.69) is 34.2 Å². The average Bonchev–Trinajstić information content (AvgIpc) is 3.61. The van der Waals surface area contributed by atoms with E-state index < -0.39 is 0 Å². The highest BCUT2D eigenvalue weighted by molar-refractivity contribution is 8.40. The molecule has 0 aromatic carbocycles. The second kappa shape index (κ2) is 42.6. The fourth-order valence-corrected chi connectivity index (χ4v) is 3.86. The maximum absolute atomic E-state index is 11.6. The maximum Gasteiger partial charge on any atom is 0.253 e. The Balaban J connectivity index is -0.000000129. The number of imide groups is 2. The third-order valence-corrected chi connectivity index (χ3v) is 9.58. The van der Waals surface area contributed by atoms with Crippen molar-refractivity contribution in [1.29, 1.82) is 0 Å². The highest BCUT2D eigenvalue weighted by Crippen LogP contribution is 2.11. The van der Waals surface area contributed by atoms with E-state index in [0.717, 1.165) is 56.0 Å². The molecule has 314 valence electrons. The molecule has 54 heavy (non-hydrogen) atoms. The van der Waals surface area contributed by atoms with Gasteiger partial charge in [-0.05, 0) is 56.2 Å². The van der Waals surface area contributed by atoms with Crippen LogP contribution in [0.25, 0.3) is 0 Å². The first kappa shape index (κ1) is 65.7. The van der Waals surface area contributed by atoms with E-state index in [4.69, 9.17) is 5.73 Å². The Labute approximate surface area is 340 Å². The predicted octanol–water partition coefficient (Wildman–Crippen LogP) is 6.84. The normalized spacial score (nSPS) is 12.9. The molecule has 13 nitrogen and oxygen atoms in total. The number of carbonyl (C=O) groups excluding carboxylic acids is 8. The summed E-state index contributed by atoms with van der Waals surface area (Å²) in [5.74, 6) is -2.09. The van der Waals surface area contributed by atoms with Crippen molar-refractivity contribution in [3.63, 3.8) is 0 Å². The summed E-state index contributed by atoms with van der Waals surface area (Å²) in [5, 5.41) is 5.46. The number of nitrogens with zero attached hydrogens (tertiary/aromatic N) is 2. The summed E-state index contributed by atoms with van der Waals surface area (Å²) in [6.45, 7) is 14.5. The molecule has 2 heterocycles. The van der Waals surface area contributed by atoms with Crippen LogP contribution in [0.1, 0.15) is 130 Å². The number of unbranched alkanes of at least 4 members (excludes halogenated alkanes) is 2. The lowest BCUT2D eigenvalue weighted by Gasteiger charge is -2.13. The third-order valence-electron chi connectivity index (χ3n) is 6.91. The van der Waals surface area contributed by atoms with Gasteiger partial charge in [0.25, 0.3) is 23.6 Å². The van der Waals surface area contributed by atoms with E-state index in [-0.39, 0.29) is 115 Å². The molecule has 17 heteroatoms. The van der Waals surface area contributed by atoms with Crippen molar-refractivity contribution in [1.82, 2.24) is 20.4 Å². The van der Waals surface area contributed by atoms with Crippen LogP contribution in [0.4, 0.5) is 0 Å². The van der Waals surface area contributed by atoms with Crippen molar-refractivity contribution in [3.05, 3.63) is 24.3 Å². The summed E-state index contributed by atoms with van der Waals surface area (Å²) >= 11 is 8.82. The number of carbonyl (C=O) groups is 8. The summed E-state index contributed by atoms with van der Waals surface area (Å²) in [7, 11) is 1.74. The molecule has 0 aliphatic carbocycles. The van der Waals surface area contributed by atoms with E-state index in [1.54, 1.807) is 13.8 Å². The number of nitrogens with one attached hydrogen (secondary N) is 2. The van der Waals surface area contributed by atoms with E-state index >= 15 is 0 Å². The summed E-state index contributed by atoms with van der Waals surface area (Å²) in [6.07, 6.45) is 9.79. The van der Waals surface area contributed by atoms with Crippen molar-refractivity contribution in [3.8, 4) is 0 Å². The van der Waals surface area contributed by atoms with E-state index in [9.17, 15) is 38.4 Å². The molecule has 0 bridgehead atoms. The first-order valence-corrected chi connectivity index (χ1v) is 21.3. The zero-order valence-corrected chi connectivity index (χ0v) is 33.8. The highest BCUT2D eigenvalue weighted by atomic mass is 32.7. The van der Waals surface area contributed by atoms with Crippen LogP contribution in [-0.2, 0) is 62.0 Å². The summed E-state index contributed by atoms with van der Waals surface area (Å²) in [6, 6.07) is 0. The molecule has 0 spiro atoms. The summed E-state index contributed by atoms with van der Waals surface area (Å²) < 4.78 is 0. The summed E-state index contributed by atoms with van der Waals surface area (Å²) in [4.78, 5) is 92.2. The van der Waals surface area contributed by atoms with Gasteiger partial charge in [-0.1, -0.05) is 84.1 Å². The van der Waals surface area contributed by atoms with Crippen LogP contribution in [0.2, 0.25) is 0 Å². The number of hydrogen-bond acceptors (Lipinski definition) is 10. The fraction of sp³-hybridized carbons (Fsp3) is 0.676. The fourth-order valence-electron chi connectivity index (χ4n) is 3.86. The standard InChI is InChI=1S/C15H22N2O4.C14H21N3O4.2C2H6.4CH4.P2S2/c1-11(12(2)18)5-3-4-9-16-13(19)8-10-17-14(20)6-7-15(17)21;1-10(14(15)21)4-2-3-8-16-11(18)7-9-17-12(19)5-6-13(17)20;2*1-2;;;;;3-1-2-4/h6-7,11H,3-5,8-10H2,1-2H3,(H,16,19);5-6,10H,2-4,7-9H2,1H3,(H2,15,21)(H,16,18);2*1-2H3;4*1H4;. The minimum atomic E-state index is -0.381. The molecular formula is C37H71N5O8P2S2. The maximum atomic E-state index is 11.6. The molecule has 2 unspecified atom stereocenters. The lowest BCUT2D eigenvalue weighted by atomic mass is 10.0. The number of nitrogens with two attached hydrogens (primary N) is 1. The Morgan fingerprint density at radius 2 is 0.926 bits per heavy atom. The number of ketones is 1. The molecule has 0 fully saturated rings. The van der Waals surface area contributed by atoms with Gasteiger partial charge in [0.1, 0.15) is 5.78 Å². The van der Waals surface area contributed by atoms with E-state index in [1.165, 1.54) is 24.3 Å². The number of rotatable bonds is 19. The quantitative estimate of drug-likeness (QED) is 0.0705. The van der Waals surface area contributed by atoms with Gasteiger partial charge in [-0.2, -0.15) is 0 Å². The van der Waals surface area contributed by atoms with Crippen molar-refractivity contribution < 1.29 is 38.4 Å². The highest BCUT2D eigenvalue weighted by Gasteiger charge is 2.24. The van der Waals surface area contributed by atoms with Crippen LogP contribution < -0.4 is 16.4 Å². The molecule has 0 aromatic heterocycles. The average molecular weight is 840 g/mol. The van der Waals surface area contributed by atoms with E-state index in [1.807, 2.05) is 34.6 Å². The number of amides is 7. The Hall–Kier alpha value is -3.12. The SMILES string of the molecule is C.C.C.C.CC.CC.CC(=O)C(C)CCCCNC(=O)CCN1C(=O)C=CC1=O.CC(CCCCNC(=O)CCN1C(=O)C=CC1=O)C(N)=O.S=PP=S. The van der Waals surface area contributed by atoms with Crippen LogP contribution in [-0.4, -0.2) is 83.1 Å². The zero-order chi connectivity index (χ0) is 39.1. The monoisotopic (exact) mass is 839 g/mol. The molecule has 0 saturated heterocycles. The van der Waals surface area contributed by atoms with Crippen molar-refractivity contribution in [2.24, 2.45) is 17.6 Å². The lowest BCUT2D eigenvalue weighted by molar-refractivity contribution is -0.139. The van der Waals surface area contributed by atoms with Crippen LogP contribution >= 0.6 is 14.1 Å². The second-order valence-electron chi connectivity index (χ2n) is 10.5. The van der Waals surface area contributed by atoms with Crippen LogP contribution in [0.5, 0.6) is 0 Å². The largest absolute Gasteiger partial charge is 0.369 e. The Morgan fingerprint density at radius 1 is 0.630 bits per heavy atom. The molecule has 4 N–H and O–H groups in total. The van der Waals surface area contributed by atoms with Gasteiger partial charge in [0.2, 0.25) is 17.7 Å². The predicted molar refractivity (Wildman–Crippen MR) is 231 cm³/mol. The Morgan fingerprint density at radius 3 is 1.19 bits per heavy atom. The zero-order valence-electron chi connectivity index (χ0n) is 30.4. The summed E-state index contributed by atoms with van der Waals surface area (Å²) in [5.41, 5.74) is 5.15. The molecule has 0 aromatic rings. The van der Waals surface area contributed by atoms with Gasteiger partial charge in [-0.3, -0.25) is 48.2 Å². The van der Waals surface area contributed by atoms with Crippen LogP contribution in [0.15, 0.2) is 24.3 Å². The van der Waals surface area contributed by atoms with Crippen LogP contribution in [0.3, 0.4) is 0 Å². The molecular weight excluding hydrogens is 769 g/mol. The van der Waals surface area contributed by atoms with Gasteiger partial charge in [-0.25, -0.2) is 0 Å². The number of hydrogen-bond donors (Lipinski definition) is 3. The van der Waals surface area contributed by atoms with Gasteiger partial charge >= 0.3 is 0 Å². The molecule has 2 aliphatic rings. The molecule has 2 aliphatic heterocycles.